The Morgan fingerprint density at radius 1 is 1.15 bits per heavy atom. The third-order valence-electron chi connectivity index (χ3n) is 3.42. The number of hydrogen-bond donors (Lipinski definition) is 0. The van der Waals surface area contributed by atoms with Crippen LogP contribution in [0.4, 0.5) is 0 Å². The minimum absolute atomic E-state index is 0.0659. The Morgan fingerprint density at radius 2 is 1.80 bits per heavy atom. The fourth-order valence-corrected chi connectivity index (χ4v) is 2.40. The second kappa shape index (κ2) is 7.29. The van der Waals surface area contributed by atoms with Gasteiger partial charge >= 0.3 is 0 Å². The SMILES string of the molecule is CCOc1ccc(C(=O)C2CCOCC2)cc1OCC. The number of Topliss-reactive ketones (excluding diaryl/α,β-unsaturated/α-hetero) is 1. The standard InChI is InChI=1S/C16H22O4/c1-3-19-14-6-5-13(11-15(14)20-4-2)16(17)12-7-9-18-10-8-12/h5-6,11-12H,3-4,7-10H2,1-2H3. The largest absolute Gasteiger partial charge is 0.490 e. The quantitative estimate of drug-likeness (QED) is 0.750. The van der Waals surface area contributed by atoms with Gasteiger partial charge in [-0.1, -0.05) is 0 Å². The van der Waals surface area contributed by atoms with Crippen LogP contribution in [-0.2, 0) is 4.74 Å². The van der Waals surface area contributed by atoms with Gasteiger partial charge in [-0.3, -0.25) is 4.79 Å². The zero-order valence-corrected chi connectivity index (χ0v) is 12.2. The molecule has 1 fully saturated rings. The molecule has 1 saturated heterocycles. The molecule has 1 aromatic carbocycles. The summed E-state index contributed by atoms with van der Waals surface area (Å²) in [7, 11) is 0. The van der Waals surface area contributed by atoms with Crippen molar-refractivity contribution in [3.8, 4) is 11.5 Å². The van der Waals surface area contributed by atoms with Gasteiger partial charge in [0.25, 0.3) is 0 Å². The summed E-state index contributed by atoms with van der Waals surface area (Å²) >= 11 is 0. The van der Waals surface area contributed by atoms with Gasteiger partial charge in [-0.2, -0.15) is 0 Å². The van der Waals surface area contributed by atoms with Crippen LogP contribution in [0, 0.1) is 5.92 Å². The molecule has 2 rings (SSSR count). The number of carbonyl (C=O) groups is 1. The molecule has 20 heavy (non-hydrogen) atoms. The molecular weight excluding hydrogens is 256 g/mol. The first-order chi connectivity index (χ1) is 9.76. The molecule has 0 amide bonds. The summed E-state index contributed by atoms with van der Waals surface area (Å²) in [5, 5.41) is 0. The van der Waals surface area contributed by atoms with Crippen molar-refractivity contribution in [1.82, 2.24) is 0 Å². The van der Waals surface area contributed by atoms with Gasteiger partial charge in [-0.05, 0) is 44.9 Å². The maximum absolute atomic E-state index is 12.5. The van der Waals surface area contributed by atoms with E-state index in [-0.39, 0.29) is 11.7 Å². The number of benzene rings is 1. The third-order valence-corrected chi connectivity index (χ3v) is 3.42. The molecule has 1 aromatic rings. The molecule has 1 heterocycles. The van der Waals surface area contributed by atoms with Crippen LogP contribution >= 0.6 is 0 Å². The minimum atomic E-state index is 0.0659. The van der Waals surface area contributed by atoms with Crippen LogP contribution in [-0.4, -0.2) is 32.2 Å². The molecule has 0 aromatic heterocycles. The highest BCUT2D eigenvalue weighted by molar-refractivity contribution is 5.98. The van der Waals surface area contributed by atoms with Crippen LogP contribution < -0.4 is 9.47 Å². The fourth-order valence-electron chi connectivity index (χ4n) is 2.40. The molecule has 0 aliphatic carbocycles. The van der Waals surface area contributed by atoms with E-state index in [0.29, 0.717) is 43.5 Å². The van der Waals surface area contributed by atoms with Crippen LogP contribution in [0.5, 0.6) is 11.5 Å². The van der Waals surface area contributed by atoms with Crippen LogP contribution in [0.3, 0.4) is 0 Å². The lowest BCUT2D eigenvalue weighted by Crippen LogP contribution is -2.23. The van der Waals surface area contributed by atoms with E-state index in [0.717, 1.165) is 12.8 Å². The van der Waals surface area contributed by atoms with Crippen LogP contribution in [0.25, 0.3) is 0 Å². The molecule has 0 atom stereocenters. The summed E-state index contributed by atoms with van der Waals surface area (Å²) in [6.45, 7) is 6.32. The highest BCUT2D eigenvalue weighted by Crippen LogP contribution is 2.30. The van der Waals surface area contributed by atoms with E-state index in [2.05, 4.69) is 0 Å². The predicted octanol–water partition coefficient (Wildman–Crippen LogP) is 3.09. The second-order valence-corrected chi connectivity index (χ2v) is 4.78. The van der Waals surface area contributed by atoms with Gasteiger partial charge in [-0.25, -0.2) is 0 Å². The highest BCUT2D eigenvalue weighted by Gasteiger charge is 2.23. The van der Waals surface area contributed by atoms with Gasteiger partial charge < -0.3 is 14.2 Å². The van der Waals surface area contributed by atoms with Gasteiger partial charge in [0.15, 0.2) is 17.3 Å². The van der Waals surface area contributed by atoms with Gasteiger partial charge in [0.05, 0.1) is 13.2 Å². The van der Waals surface area contributed by atoms with Crippen molar-refractivity contribution in [3.05, 3.63) is 23.8 Å². The van der Waals surface area contributed by atoms with Gasteiger partial charge in [0.2, 0.25) is 0 Å². The topological polar surface area (TPSA) is 44.8 Å². The first-order valence-corrected chi connectivity index (χ1v) is 7.27. The van der Waals surface area contributed by atoms with E-state index in [1.165, 1.54) is 0 Å². The van der Waals surface area contributed by atoms with E-state index in [1.54, 1.807) is 6.07 Å². The maximum Gasteiger partial charge on any atom is 0.166 e. The van der Waals surface area contributed by atoms with E-state index in [9.17, 15) is 4.79 Å². The monoisotopic (exact) mass is 278 g/mol. The number of hydrogen-bond acceptors (Lipinski definition) is 4. The molecule has 0 saturated carbocycles. The Morgan fingerprint density at radius 3 is 2.45 bits per heavy atom. The Balaban J connectivity index is 2.18. The molecule has 0 bridgehead atoms. The maximum atomic E-state index is 12.5. The molecule has 110 valence electrons. The van der Waals surface area contributed by atoms with Crippen molar-refractivity contribution >= 4 is 5.78 Å². The van der Waals surface area contributed by atoms with Crippen molar-refractivity contribution < 1.29 is 19.0 Å². The van der Waals surface area contributed by atoms with Crippen molar-refractivity contribution in [2.24, 2.45) is 5.92 Å². The zero-order chi connectivity index (χ0) is 14.4. The Bertz CT molecular complexity index is 450. The van der Waals surface area contributed by atoms with E-state index in [1.807, 2.05) is 26.0 Å². The summed E-state index contributed by atoms with van der Waals surface area (Å²) in [6, 6.07) is 5.44. The van der Waals surface area contributed by atoms with Crippen molar-refractivity contribution in [2.75, 3.05) is 26.4 Å². The molecule has 1 aliphatic rings. The Kier molecular flexibility index (Phi) is 5.41. The minimum Gasteiger partial charge on any atom is -0.490 e. The molecule has 4 heteroatoms. The normalized spacial score (nSPS) is 15.9. The van der Waals surface area contributed by atoms with Gasteiger partial charge in [0, 0.05) is 24.7 Å². The lowest BCUT2D eigenvalue weighted by atomic mass is 9.91. The average molecular weight is 278 g/mol. The molecule has 4 nitrogen and oxygen atoms in total. The highest BCUT2D eigenvalue weighted by atomic mass is 16.5. The van der Waals surface area contributed by atoms with Crippen molar-refractivity contribution in [3.63, 3.8) is 0 Å². The first kappa shape index (κ1) is 14.9. The number of ketones is 1. The van der Waals surface area contributed by atoms with Crippen LogP contribution in [0.15, 0.2) is 18.2 Å². The lowest BCUT2D eigenvalue weighted by Gasteiger charge is -2.21. The summed E-state index contributed by atoms with van der Waals surface area (Å²) in [5.41, 5.74) is 0.698. The molecule has 0 N–H and O–H groups in total. The summed E-state index contributed by atoms with van der Waals surface area (Å²) in [6.07, 6.45) is 1.60. The van der Waals surface area contributed by atoms with Crippen molar-refractivity contribution in [1.29, 1.82) is 0 Å². The molecule has 0 unspecified atom stereocenters. The van der Waals surface area contributed by atoms with Gasteiger partial charge in [0.1, 0.15) is 0 Å². The lowest BCUT2D eigenvalue weighted by molar-refractivity contribution is 0.0544. The van der Waals surface area contributed by atoms with Crippen LogP contribution in [0.2, 0.25) is 0 Å². The Labute approximate surface area is 120 Å². The predicted molar refractivity (Wildman–Crippen MR) is 76.7 cm³/mol. The molecule has 0 radical (unpaired) electrons. The van der Waals surface area contributed by atoms with Crippen molar-refractivity contribution in [2.45, 2.75) is 26.7 Å². The summed E-state index contributed by atoms with van der Waals surface area (Å²) < 4.78 is 16.4. The van der Waals surface area contributed by atoms with E-state index >= 15 is 0 Å². The molecule has 0 spiro atoms. The Hall–Kier alpha value is -1.55. The zero-order valence-electron chi connectivity index (χ0n) is 12.2. The number of carbonyl (C=O) groups excluding carboxylic acids is 1. The number of rotatable bonds is 6. The smallest absolute Gasteiger partial charge is 0.166 e. The summed E-state index contributed by atoms with van der Waals surface area (Å²) in [5.74, 6) is 1.58. The van der Waals surface area contributed by atoms with E-state index < -0.39 is 0 Å². The second-order valence-electron chi connectivity index (χ2n) is 4.78. The third kappa shape index (κ3) is 3.51. The molecule has 1 aliphatic heterocycles. The first-order valence-electron chi connectivity index (χ1n) is 7.27. The van der Waals surface area contributed by atoms with Gasteiger partial charge in [-0.15, -0.1) is 0 Å². The summed E-state index contributed by atoms with van der Waals surface area (Å²) in [4.78, 5) is 12.5. The van der Waals surface area contributed by atoms with E-state index in [4.69, 9.17) is 14.2 Å². The van der Waals surface area contributed by atoms with Crippen LogP contribution in [0.1, 0.15) is 37.0 Å². The average Bonchev–Trinajstić information content (AvgIpc) is 2.50. The fraction of sp³-hybridized carbons (Fsp3) is 0.562. The number of ether oxygens (including phenoxy) is 3. The molecular formula is C16H22O4.